The third-order valence-corrected chi connectivity index (χ3v) is 8.58. The first-order valence-electron chi connectivity index (χ1n) is 11.9. The molecular formula is C23H27N3O3S. The van der Waals surface area contributed by atoms with Gasteiger partial charge < -0.3 is 14.5 Å². The van der Waals surface area contributed by atoms with Crippen LogP contribution in [0.4, 0.5) is 5.69 Å². The minimum Gasteiger partial charge on any atom is -0.371 e. The van der Waals surface area contributed by atoms with Crippen molar-refractivity contribution in [3.8, 4) is 11.1 Å². The Bertz CT molecular complexity index is 1390. The molecule has 0 unspecified atom stereocenters. The molecule has 0 bridgehead atoms. The molecule has 5 rings (SSSR count). The summed E-state index contributed by atoms with van der Waals surface area (Å²) < 4.78 is 49.7. The van der Waals surface area contributed by atoms with Crippen molar-refractivity contribution in [3.63, 3.8) is 0 Å². The summed E-state index contributed by atoms with van der Waals surface area (Å²) in [5.74, 6) is -0.0354. The fourth-order valence-corrected chi connectivity index (χ4v) is 5.53. The van der Waals surface area contributed by atoms with E-state index in [9.17, 15) is 13.2 Å². The Labute approximate surface area is 180 Å². The van der Waals surface area contributed by atoms with Crippen LogP contribution in [0.2, 0.25) is 0 Å². The van der Waals surface area contributed by atoms with Gasteiger partial charge >= 0.3 is 0 Å². The van der Waals surface area contributed by atoms with Crippen LogP contribution in [0.3, 0.4) is 0 Å². The molecule has 0 atom stereocenters. The van der Waals surface area contributed by atoms with E-state index in [2.05, 4.69) is 9.88 Å². The number of sulfone groups is 1. The molecule has 2 aliphatic rings. The molecule has 0 amide bonds. The molecule has 7 heteroatoms. The highest BCUT2D eigenvalue weighted by molar-refractivity contribution is 7.91. The van der Waals surface area contributed by atoms with Crippen LogP contribution in [0, 0.1) is 5.41 Å². The van der Waals surface area contributed by atoms with E-state index in [1.807, 2.05) is 6.07 Å². The second kappa shape index (κ2) is 6.74. The number of piperidine rings is 1. The van der Waals surface area contributed by atoms with Crippen LogP contribution in [0.25, 0.3) is 22.0 Å². The third-order valence-electron chi connectivity index (χ3n) is 6.85. The molecule has 3 heterocycles. The Morgan fingerprint density at radius 2 is 1.90 bits per heavy atom. The fraction of sp³-hybridized carbons (Fsp3) is 0.435. The first-order chi connectivity index (χ1) is 15.5. The van der Waals surface area contributed by atoms with Crippen LogP contribution >= 0.6 is 0 Å². The molecule has 1 aromatic carbocycles. The first-order valence-corrected chi connectivity index (χ1v) is 12.1. The SMILES string of the molecule is [2H]C([2H])([2H])n1cc(-c2cc(S(=O)(=O)CC)ccc2N2CCC3(CC2)CC3)c2cc[nH]c2c1=O. The predicted octanol–water partition coefficient (Wildman–Crippen LogP) is 3.71. The largest absolute Gasteiger partial charge is 0.371 e. The molecule has 30 heavy (non-hydrogen) atoms. The average molecular weight is 429 g/mol. The van der Waals surface area contributed by atoms with Crippen LogP contribution in [0.1, 0.15) is 36.7 Å². The van der Waals surface area contributed by atoms with Crippen molar-refractivity contribution in [1.29, 1.82) is 0 Å². The summed E-state index contributed by atoms with van der Waals surface area (Å²) in [4.78, 5) is 18.1. The number of aryl methyl sites for hydroxylation is 1. The van der Waals surface area contributed by atoms with Gasteiger partial charge in [0.2, 0.25) is 0 Å². The lowest BCUT2D eigenvalue weighted by Crippen LogP contribution is -2.34. The van der Waals surface area contributed by atoms with E-state index in [4.69, 9.17) is 4.11 Å². The lowest BCUT2D eigenvalue weighted by molar-refractivity contribution is 0.384. The Balaban J connectivity index is 1.75. The van der Waals surface area contributed by atoms with Gasteiger partial charge in [-0.2, -0.15) is 0 Å². The number of anilines is 1. The van der Waals surface area contributed by atoms with E-state index >= 15 is 0 Å². The van der Waals surface area contributed by atoms with Gasteiger partial charge in [-0.3, -0.25) is 4.79 Å². The fourth-order valence-electron chi connectivity index (χ4n) is 4.63. The highest BCUT2D eigenvalue weighted by atomic mass is 32.2. The molecule has 1 saturated heterocycles. The highest BCUT2D eigenvalue weighted by Crippen LogP contribution is 2.54. The van der Waals surface area contributed by atoms with Gasteiger partial charge in [0.1, 0.15) is 5.52 Å². The molecule has 3 aromatic rings. The van der Waals surface area contributed by atoms with E-state index < -0.39 is 22.4 Å². The number of nitrogens with one attached hydrogen (secondary N) is 1. The third kappa shape index (κ3) is 3.07. The Hall–Kier alpha value is -2.54. The lowest BCUT2D eigenvalue weighted by atomic mass is 9.92. The number of rotatable bonds is 4. The van der Waals surface area contributed by atoms with Crippen LogP contribution in [0.15, 0.2) is 46.3 Å². The molecule has 1 spiro atoms. The summed E-state index contributed by atoms with van der Waals surface area (Å²) in [7, 11) is -3.48. The summed E-state index contributed by atoms with van der Waals surface area (Å²) >= 11 is 0. The van der Waals surface area contributed by atoms with Crippen LogP contribution in [-0.2, 0) is 16.8 Å². The van der Waals surface area contributed by atoms with E-state index in [0.29, 0.717) is 21.9 Å². The first kappa shape index (κ1) is 16.2. The number of aromatic amines is 1. The van der Waals surface area contributed by atoms with Crippen LogP contribution in [0.5, 0.6) is 0 Å². The van der Waals surface area contributed by atoms with Crippen LogP contribution in [-0.4, -0.2) is 36.8 Å². The van der Waals surface area contributed by atoms with Gasteiger partial charge in [-0.05, 0) is 55.4 Å². The van der Waals surface area contributed by atoms with E-state index in [1.54, 1.807) is 31.3 Å². The molecule has 2 fully saturated rings. The number of nitrogens with zero attached hydrogens (tertiary/aromatic N) is 2. The summed E-state index contributed by atoms with van der Waals surface area (Å²) in [6, 6.07) is 6.82. The Morgan fingerprint density at radius 3 is 2.57 bits per heavy atom. The number of pyridine rings is 1. The second-order valence-electron chi connectivity index (χ2n) is 8.55. The summed E-state index contributed by atoms with van der Waals surface area (Å²) in [5.41, 5.74) is 2.04. The van der Waals surface area contributed by atoms with E-state index in [0.717, 1.165) is 36.2 Å². The van der Waals surface area contributed by atoms with Crippen molar-refractivity contribution >= 4 is 26.4 Å². The minimum absolute atomic E-state index is 0.0354. The standard InChI is InChI=1S/C23H27N3O3S/c1-3-30(28,29)16-4-5-20(26-12-9-23(7-8-23)10-13-26)18(14-16)19-15-25(2)22(27)21-17(19)6-11-24-21/h4-6,11,14-15,24H,3,7-10,12-13H2,1-2H3/i2D3. The Morgan fingerprint density at radius 1 is 1.13 bits per heavy atom. The van der Waals surface area contributed by atoms with Gasteiger partial charge in [0.05, 0.1) is 10.6 Å². The Kier molecular flexibility index (Phi) is 3.64. The smallest absolute Gasteiger partial charge is 0.274 e. The van der Waals surface area contributed by atoms with Gasteiger partial charge in [-0.25, -0.2) is 8.42 Å². The molecular weight excluding hydrogens is 398 g/mol. The summed E-state index contributed by atoms with van der Waals surface area (Å²) in [6.45, 7) is 0.661. The molecule has 1 N–H and O–H groups in total. The highest BCUT2D eigenvalue weighted by Gasteiger charge is 2.44. The van der Waals surface area contributed by atoms with Gasteiger partial charge in [-0.15, -0.1) is 0 Å². The van der Waals surface area contributed by atoms with Gasteiger partial charge in [0.15, 0.2) is 9.84 Å². The molecule has 1 saturated carbocycles. The molecule has 158 valence electrons. The molecule has 2 aromatic heterocycles. The quantitative estimate of drug-likeness (QED) is 0.687. The molecule has 0 radical (unpaired) electrons. The number of fused-ring (bicyclic) bond motifs is 1. The van der Waals surface area contributed by atoms with Crippen molar-refractivity contribution in [1.82, 2.24) is 9.55 Å². The number of benzene rings is 1. The van der Waals surface area contributed by atoms with Crippen molar-refractivity contribution in [2.24, 2.45) is 12.4 Å². The van der Waals surface area contributed by atoms with E-state index in [-0.39, 0.29) is 16.2 Å². The van der Waals surface area contributed by atoms with Crippen molar-refractivity contribution in [2.45, 2.75) is 37.5 Å². The normalized spacial score (nSPS) is 20.2. The topological polar surface area (TPSA) is 75.2 Å². The van der Waals surface area contributed by atoms with Gasteiger partial charge in [-0.1, -0.05) is 6.92 Å². The number of hydrogen-bond acceptors (Lipinski definition) is 4. The zero-order chi connectivity index (χ0) is 23.6. The van der Waals surface area contributed by atoms with Gasteiger partial charge in [0.25, 0.3) is 5.56 Å². The average Bonchev–Trinajstić information content (AvgIpc) is 3.33. The maximum atomic E-state index is 12.8. The monoisotopic (exact) mass is 428 g/mol. The van der Waals surface area contributed by atoms with Crippen molar-refractivity contribution < 1.29 is 12.5 Å². The van der Waals surface area contributed by atoms with Crippen molar-refractivity contribution in [3.05, 3.63) is 47.0 Å². The minimum atomic E-state index is -3.48. The molecule has 6 nitrogen and oxygen atoms in total. The maximum Gasteiger partial charge on any atom is 0.274 e. The number of aromatic nitrogens is 2. The van der Waals surface area contributed by atoms with Crippen LogP contribution < -0.4 is 10.5 Å². The van der Waals surface area contributed by atoms with Crippen molar-refractivity contribution in [2.75, 3.05) is 23.7 Å². The molecule has 1 aliphatic heterocycles. The predicted molar refractivity (Wildman–Crippen MR) is 120 cm³/mol. The number of H-pyrrole nitrogens is 1. The maximum absolute atomic E-state index is 12.8. The van der Waals surface area contributed by atoms with E-state index in [1.165, 1.54) is 19.0 Å². The zero-order valence-electron chi connectivity index (χ0n) is 19.9. The summed E-state index contributed by atoms with van der Waals surface area (Å²) in [5, 5.41) is 0.573. The lowest BCUT2D eigenvalue weighted by Gasteiger charge is -2.35. The summed E-state index contributed by atoms with van der Waals surface area (Å²) in [6.07, 6.45) is 7.68. The second-order valence-corrected chi connectivity index (χ2v) is 10.8. The molecule has 1 aliphatic carbocycles. The number of hydrogen-bond donors (Lipinski definition) is 1. The van der Waals surface area contributed by atoms with Gasteiger partial charge in [0, 0.05) is 58.8 Å². The zero-order valence-corrected chi connectivity index (χ0v) is 17.8.